The molecule has 3 aromatic carbocycles. The molecule has 10 nitrogen and oxygen atoms in total. The highest BCUT2D eigenvalue weighted by Crippen LogP contribution is 2.42. The van der Waals surface area contributed by atoms with Gasteiger partial charge in [-0.3, -0.25) is 14.4 Å². The van der Waals surface area contributed by atoms with Crippen LogP contribution in [0.25, 0.3) is 0 Å². The number of anilines is 3. The van der Waals surface area contributed by atoms with Gasteiger partial charge in [0.25, 0.3) is 11.8 Å². The van der Waals surface area contributed by atoms with Crippen LogP contribution in [0.5, 0.6) is 0 Å². The Hall–Kier alpha value is -3.78. The summed E-state index contributed by atoms with van der Waals surface area (Å²) in [6, 6.07) is 15.3. The minimum absolute atomic E-state index is 0.0698. The van der Waals surface area contributed by atoms with Crippen LogP contribution in [0.3, 0.4) is 0 Å². The molecule has 0 aliphatic rings. The summed E-state index contributed by atoms with van der Waals surface area (Å²) in [5, 5.41) is 15.9. The Balaban J connectivity index is 1.55. The van der Waals surface area contributed by atoms with E-state index in [0.29, 0.717) is 22.6 Å². The Morgan fingerprint density at radius 2 is 1.42 bits per heavy atom. The first-order valence-electron chi connectivity index (χ1n) is 13.8. The molecule has 0 radical (unpaired) electrons. The van der Waals surface area contributed by atoms with Crippen LogP contribution >= 0.6 is 69.5 Å². The number of ether oxygens (including phenoxy) is 1. The van der Waals surface area contributed by atoms with Gasteiger partial charge in [0.2, 0.25) is 5.91 Å². The third-order valence-electron chi connectivity index (χ3n) is 6.75. The zero-order valence-electron chi connectivity index (χ0n) is 25.2. The van der Waals surface area contributed by atoms with Crippen LogP contribution in [0.2, 0.25) is 20.1 Å². The molecule has 1 heterocycles. The molecule has 0 aliphatic carbocycles. The molecular formula is C32H25Cl4N3O7S2. The standard InChI is InChI=1S/C32H25Cl4N3O7S2/c1-4-18(27(40)39-30-19(32(45)46-3)14(2)26(48-30)29(42)37-15-9-6-5-7-10-15)47-17-12-8-11-16(13-17)38-28(41)20-21(31(43)44)23(34)25(36)24(35)22(20)33/h5-13,18H,4H2,1-3H3,(H,37,42)(H,38,41)(H,39,40)(H,43,44). The largest absolute Gasteiger partial charge is 0.478 e. The Kier molecular flexibility index (Phi) is 12.4. The number of methoxy groups -OCH3 is 1. The van der Waals surface area contributed by atoms with Crippen LogP contribution in [-0.2, 0) is 9.53 Å². The predicted molar refractivity (Wildman–Crippen MR) is 191 cm³/mol. The molecular weight excluding hydrogens is 744 g/mol. The minimum Gasteiger partial charge on any atom is -0.478 e. The van der Waals surface area contributed by atoms with Gasteiger partial charge in [-0.1, -0.05) is 77.6 Å². The van der Waals surface area contributed by atoms with Crippen molar-refractivity contribution in [2.75, 3.05) is 23.1 Å². The third-order valence-corrected chi connectivity index (χ3v) is 11.1. The van der Waals surface area contributed by atoms with E-state index in [9.17, 15) is 29.1 Å². The summed E-state index contributed by atoms with van der Waals surface area (Å²) in [6.07, 6.45) is 0.367. The fourth-order valence-corrected chi connectivity index (χ4v) is 7.57. The first-order chi connectivity index (χ1) is 22.8. The quantitative estimate of drug-likeness (QED) is 0.0511. The number of carboxylic acid groups (broad SMARTS) is 1. The number of amides is 3. The molecule has 4 aromatic rings. The number of carboxylic acids is 1. The van der Waals surface area contributed by atoms with Crippen LogP contribution in [-0.4, -0.2) is 47.1 Å². The zero-order chi connectivity index (χ0) is 35.3. The van der Waals surface area contributed by atoms with Crippen molar-refractivity contribution in [3.05, 3.63) is 102 Å². The monoisotopic (exact) mass is 767 g/mol. The maximum Gasteiger partial charge on any atom is 0.341 e. The number of nitrogens with one attached hydrogen (secondary N) is 3. The molecule has 0 saturated carbocycles. The molecule has 0 aliphatic heterocycles. The zero-order valence-corrected chi connectivity index (χ0v) is 29.9. The Labute approximate surface area is 303 Å². The maximum atomic E-state index is 13.5. The number of thioether (sulfide) groups is 1. The van der Waals surface area contributed by atoms with E-state index in [2.05, 4.69) is 16.0 Å². The summed E-state index contributed by atoms with van der Waals surface area (Å²) in [4.78, 5) is 65.3. The van der Waals surface area contributed by atoms with Gasteiger partial charge in [0.05, 0.1) is 54.0 Å². The summed E-state index contributed by atoms with van der Waals surface area (Å²) >= 11 is 26.5. The summed E-state index contributed by atoms with van der Waals surface area (Å²) in [5.41, 5.74) is 0.155. The molecule has 4 N–H and O–H groups in total. The van der Waals surface area contributed by atoms with Crippen molar-refractivity contribution in [3.8, 4) is 0 Å². The minimum atomic E-state index is -1.54. The molecule has 0 fully saturated rings. The van der Waals surface area contributed by atoms with Crippen molar-refractivity contribution in [1.29, 1.82) is 0 Å². The SMILES string of the molecule is CCC(Sc1cccc(NC(=O)c2c(Cl)c(Cl)c(Cl)c(Cl)c2C(=O)O)c1)C(=O)Nc1sc(C(=O)Nc2ccccc2)c(C)c1C(=O)OC. The Morgan fingerprint density at radius 3 is 2.02 bits per heavy atom. The summed E-state index contributed by atoms with van der Waals surface area (Å²) in [5.74, 6) is -4.04. The van der Waals surface area contributed by atoms with Gasteiger partial charge in [0, 0.05) is 16.3 Å². The van der Waals surface area contributed by atoms with E-state index >= 15 is 0 Å². The molecule has 0 saturated heterocycles. The lowest BCUT2D eigenvalue weighted by Gasteiger charge is -2.16. The molecule has 4 rings (SSSR count). The van der Waals surface area contributed by atoms with Crippen molar-refractivity contribution < 1.29 is 33.8 Å². The molecule has 3 amide bonds. The second-order valence-corrected chi connectivity index (χ2v) is 13.7. The van der Waals surface area contributed by atoms with E-state index in [1.807, 2.05) is 6.07 Å². The average Bonchev–Trinajstić information content (AvgIpc) is 3.39. The molecule has 16 heteroatoms. The topological polar surface area (TPSA) is 151 Å². The fraction of sp³-hybridized carbons (Fsp3) is 0.156. The summed E-state index contributed by atoms with van der Waals surface area (Å²) in [6.45, 7) is 3.40. The van der Waals surface area contributed by atoms with Crippen molar-refractivity contribution in [2.45, 2.75) is 30.4 Å². The van der Waals surface area contributed by atoms with Gasteiger partial charge in [-0.05, 0) is 49.2 Å². The van der Waals surface area contributed by atoms with Crippen molar-refractivity contribution in [2.24, 2.45) is 0 Å². The van der Waals surface area contributed by atoms with E-state index in [0.717, 1.165) is 11.3 Å². The molecule has 1 unspecified atom stereocenters. The number of thiophene rings is 1. The number of hydrogen-bond donors (Lipinski definition) is 4. The normalized spacial score (nSPS) is 11.4. The second-order valence-electron chi connectivity index (χ2n) is 9.87. The highest BCUT2D eigenvalue weighted by atomic mass is 35.5. The van der Waals surface area contributed by atoms with Crippen molar-refractivity contribution >= 4 is 116 Å². The number of para-hydroxylation sites is 1. The van der Waals surface area contributed by atoms with Crippen molar-refractivity contribution in [1.82, 2.24) is 0 Å². The number of rotatable bonds is 11. The molecule has 0 spiro atoms. The molecule has 250 valence electrons. The highest BCUT2D eigenvalue weighted by molar-refractivity contribution is 8.00. The molecule has 1 atom stereocenters. The van der Waals surface area contributed by atoms with E-state index in [1.54, 1.807) is 62.4 Å². The van der Waals surface area contributed by atoms with Gasteiger partial charge in [0.1, 0.15) is 5.00 Å². The lowest BCUT2D eigenvalue weighted by molar-refractivity contribution is -0.115. The third kappa shape index (κ3) is 8.08. The van der Waals surface area contributed by atoms with E-state index in [-0.39, 0.29) is 36.2 Å². The number of hydrogen-bond acceptors (Lipinski definition) is 8. The smallest absolute Gasteiger partial charge is 0.341 e. The number of carbonyl (C=O) groups excluding carboxylic acids is 4. The van der Waals surface area contributed by atoms with E-state index < -0.39 is 51.1 Å². The number of carbonyl (C=O) groups is 5. The summed E-state index contributed by atoms with van der Waals surface area (Å²) < 4.78 is 4.94. The predicted octanol–water partition coefficient (Wildman–Crippen LogP) is 9.17. The lowest BCUT2D eigenvalue weighted by atomic mass is 10.1. The van der Waals surface area contributed by atoms with Crippen LogP contribution < -0.4 is 16.0 Å². The van der Waals surface area contributed by atoms with Crippen LogP contribution in [0, 0.1) is 6.92 Å². The summed E-state index contributed by atoms with van der Waals surface area (Å²) in [7, 11) is 1.21. The van der Waals surface area contributed by atoms with Crippen LogP contribution in [0.4, 0.5) is 16.4 Å². The number of aromatic carboxylic acids is 1. The van der Waals surface area contributed by atoms with Crippen LogP contribution in [0.1, 0.15) is 59.7 Å². The van der Waals surface area contributed by atoms with E-state index in [1.165, 1.54) is 18.9 Å². The number of halogens is 4. The first kappa shape index (κ1) is 37.0. The van der Waals surface area contributed by atoms with Gasteiger partial charge in [-0.2, -0.15) is 0 Å². The number of esters is 1. The van der Waals surface area contributed by atoms with Gasteiger partial charge in [0.15, 0.2) is 0 Å². The molecule has 48 heavy (non-hydrogen) atoms. The molecule has 0 bridgehead atoms. The van der Waals surface area contributed by atoms with E-state index in [4.69, 9.17) is 51.1 Å². The highest BCUT2D eigenvalue weighted by Gasteiger charge is 2.30. The number of benzene rings is 3. The Bertz CT molecular complexity index is 1940. The second kappa shape index (κ2) is 16.1. The van der Waals surface area contributed by atoms with Crippen LogP contribution in [0.15, 0.2) is 59.5 Å². The average molecular weight is 770 g/mol. The molecule has 1 aromatic heterocycles. The van der Waals surface area contributed by atoms with Gasteiger partial charge in [-0.15, -0.1) is 23.1 Å². The fourth-order valence-electron chi connectivity index (χ4n) is 4.44. The van der Waals surface area contributed by atoms with Gasteiger partial charge >= 0.3 is 11.9 Å². The lowest BCUT2D eigenvalue weighted by Crippen LogP contribution is -2.25. The Morgan fingerprint density at radius 1 is 0.812 bits per heavy atom. The first-order valence-corrected chi connectivity index (χ1v) is 17.1. The van der Waals surface area contributed by atoms with Crippen molar-refractivity contribution in [3.63, 3.8) is 0 Å². The maximum absolute atomic E-state index is 13.5. The van der Waals surface area contributed by atoms with Gasteiger partial charge in [-0.25, -0.2) is 9.59 Å². The van der Waals surface area contributed by atoms with Gasteiger partial charge < -0.3 is 25.8 Å².